The zero-order valence-electron chi connectivity index (χ0n) is 12.1. The van der Waals surface area contributed by atoms with Crippen LogP contribution in [-0.4, -0.2) is 23.6 Å². The lowest BCUT2D eigenvalue weighted by Crippen LogP contribution is -2.24. The van der Waals surface area contributed by atoms with Gasteiger partial charge in [-0.25, -0.2) is 9.97 Å². The lowest BCUT2D eigenvalue weighted by Gasteiger charge is -2.24. The summed E-state index contributed by atoms with van der Waals surface area (Å²) in [5, 5.41) is 0. The van der Waals surface area contributed by atoms with Crippen LogP contribution in [0.15, 0.2) is 30.6 Å². The van der Waals surface area contributed by atoms with Gasteiger partial charge >= 0.3 is 0 Å². The van der Waals surface area contributed by atoms with E-state index in [0.29, 0.717) is 5.88 Å². The van der Waals surface area contributed by atoms with Crippen molar-refractivity contribution in [2.75, 3.05) is 24.3 Å². The maximum Gasteiger partial charge on any atom is 0.221 e. The average Bonchev–Trinajstić information content (AvgIpc) is 2.45. The number of benzene rings is 1. The molecule has 1 aromatic carbocycles. The average molecular weight is 272 g/mol. The summed E-state index contributed by atoms with van der Waals surface area (Å²) in [6, 6.07) is 7.90. The van der Waals surface area contributed by atoms with Gasteiger partial charge in [0.2, 0.25) is 5.88 Å². The molecule has 1 heterocycles. The molecule has 0 saturated carbocycles. The summed E-state index contributed by atoms with van der Waals surface area (Å²) in [6.45, 7) is 5.66. The fraction of sp³-hybridized carbons (Fsp3) is 0.333. The third-order valence-corrected chi connectivity index (χ3v) is 3.21. The first-order valence-corrected chi connectivity index (χ1v) is 6.60. The Morgan fingerprint density at radius 3 is 2.75 bits per heavy atom. The van der Waals surface area contributed by atoms with Gasteiger partial charge < -0.3 is 15.4 Å². The Balaban J connectivity index is 2.29. The van der Waals surface area contributed by atoms with Crippen molar-refractivity contribution in [1.82, 2.24) is 9.97 Å². The summed E-state index contributed by atoms with van der Waals surface area (Å²) < 4.78 is 5.25. The second-order valence-electron chi connectivity index (χ2n) is 4.59. The molecular weight excluding hydrogens is 252 g/mol. The van der Waals surface area contributed by atoms with Crippen molar-refractivity contribution < 1.29 is 4.74 Å². The highest BCUT2D eigenvalue weighted by Crippen LogP contribution is 2.25. The van der Waals surface area contributed by atoms with E-state index in [9.17, 15) is 0 Å². The molecule has 1 aromatic heterocycles. The first-order valence-electron chi connectivity index (χ1n) is 6.60. The molecule has 2 rings (SSSR count). The van der Waals surface area contributed by atoms with E-state index < -0.39 is 0 Å². The predicted octanol–water partition coefficient (Wildman–Crippen LogP) is 2.40. The molecule has 2 N–H and O–H groups in total. The third kappa shape index (κ3) is 2.99. The lowest BCUT2D eigenvalue weighted by molar-refractivity contribution is 0.393. The van der Waals surface area contributed by atoms with E-state index >= 15 is 0 Å². The molecule has 5 heteroatoms. The number of hydrogen-bond donors (Lipinski definition) is 1. The molecule has 0 unspecified atom stereocenters. The molecule has 2 aromatic rings. The van der Waals surface area contributed by atoms with E-state index in [2.05, 4.69) is 27.9 Å². The molecule has 0 aliphatic rings. The third-order valence-electron chi connectivity index (χ3n) is 3.21. The SMILES string of the molecule is CCN(Cc1cccc(N)c1)c1ncnc(OC)c1C. The Morgan fingerprint density at radius 1 is 1.30 bits per heavy atom. The topological polar surface area (TPSA) is 64.3 Å². The molecule has 0 fully saturated rings. The molecule has 106 valence electrons. The second kappa shape index (κ2) is 6.23. The van der Waals surface area contributed by atoms with Crippen LogP contribution in [0.5, 0.6) is 5.88 Å². The zero-order chi connectivity index (χ0) is 14.5. The van der Waals surface area contributed by atoms with Gasteiger partial charge in [0, 0.05) is 18.8 Å². The van der Waals surface area contributed by atoms with Crippen LogP contribution < -0.4 is 15.4 Å². The second-order valence-corrected chi connectivity index (χ2v) is 4.59. The van der Waals surface area contributed by atoms with Crippen molar-refractivity contribution in [1.29, 1.82) is 0 Å². The van der Waals surface area contributed by atoms with Crippen LogP contribution in [-0.2, 0) is 6.54 Å². The van der Waals surface area contributed by atoms with Gasteiger partial charge in [0.05, 0.1) is 12.7 Å². The molecule has 5 nitrogen and oxygen atoms in total. The fourth-order valence-electron chi connectivity index (χ4n) is 2.20. The molecule has 0 atom stereocenters. The molecule has 0 aliphatic heterocycles. The molecule has 0 spiro atoms. The Morgan fingerprint density at radius 2 is 2.10 bits per heavy atom. The molecular formula is C15H20N4O. The minimum atomic E-state index is 0.612. The summed E-state index contributed by atoms with van der Waals surface area (Å²) in [7, 11) is 1.62. The van der Waals surface area contributed by atoms with Gasteiger partial charge in [0.1, 0.15) is 12.1 Å². The van der Waals surface area contributed by atoms with Gasteiger partial charge in [-0.05, 0) is 31.5 Å². The predicted molar refractivity (Wildman–Crippen MR) is 80.9 cm³/mol. The Kier molecular flexibility index (Phi) is 4.40. The monoisotopic (exact) mass is 272 g/mol. The van der Waals surface area contributed by atoms with Gasteiger partial charge in [-0.2, -0.15) is 0 Å². The van der Waals surface area contributed by atoms with Crippen molar-refractivity contribution in [3.63, 3.8) is 0 Å². The smallest absolute Gasteiger partial charge is 0.221 e. The number of nitrogens with zero attached hydrogens (tertiary/aromatic N) is 3. The summed E-state index contributed by atoms with van der Waals surface area (Å²) >= 11 is 0. The van der Waals surface area contributed by atoms with Crippen LogP contribution >= 0.6 is 0 Å². The Bertz CT molecular complexity index is 586. The Labute approximate surface area is 119 Å². The number of hydrogen-bond acceptors (Lipinski definition) is 5. The van der Waals surface area contributed by atoms with Crippen LogP contribution in [0.25, 0.3) is 0 Å². The van der Waals surface area contributed by atoms with Crippen LogP contribution in [0.1, 0.15) is 18.1 Å². The highest BCUT2D eigenvalue weighted by Gasteiger charge is 2.13. The minimum absolute atomic E-state index is 0.612. The maximum atomic E-state index is 5.83. The van der Waals surface area contributed by atoms with Crippen molar-refractivity contribution in [3.8, 4) is 5.88 Å². The van der Waals surface area contributed by atoms with E-state index in [4.69, 9.17) is 10.5 Å². The first-order chi connectivity index (χ1) is 9.65. The van der Waals surface area contributed by atoms with E-state index in [-0.39, 0.29) is 0 Å². The van der Waals surface area contributed by atoms with E-state index in [0.717, 1.165) is 35.7 Å². The van der Waals surface area contributed by atoms with Crippen LogP contribution in [0, 0.1) is 6.92 Å². The summed E-state index contributed by atoms with van der Waals surface area (Å²) in [4.78, 5) is 10.7. The molecule has 0 radical (unpaired) electrons. The first kappa shape index (κ1) is 14.1. The van der Waals surface area contributed by atoms with E-state index in [1.807, 2.05) is 25.1 Å². The van der Waals surface area contributed by atoms with E-state index in [1.165, 1.54) is 6.33 Å². The zero-order valence-corrected chi connectivity index (χ0v) is 12.1. The van der Waals surface area contributed by atoms with Crippen molar-refractivity contribution >= 4 is 11.5 Å². The standard InChI is InChI=1S/C15H20N4O/c1-4-19(9-12-6-5-7-13(16)8-12)14-11(2)15(20-3)18-10-17-14/h5-8,10H,4,9,16H2,1-3H3. The van der Waals surface area contributed by atoms with E-state index in [1.54, 1.807) is 7.11 Å². The van der Waals surface area contributed by atoms with Crippen molar-refractivity contribution in [3.05, 3.63) is 41.7 Å². The lowest BCUT2D eigenvalue weighted by atomic mass is 10.2. The summed E-state index contributed by atoms with van der Waals surface area (Å²) in [5.41, 5.74) is 8.70. The van der Waals surface area contributed by atoms with Crippen LogP contribution in [0.4, 0.5) is 11.5 Å². The number of nitrogens with two attached hydrogens (primary N) is 1. The number of rotatable bonds is 5. The van der Waals surface area contributed by atoms with Gasteiger partial charge in [-0.15, -0.1) is 0 Å². The van der Waals surface area contributed by atoms with Gasteiger partial charge in [0.15, 0.2) is 0 Å². The molecule has 0 aliphatic carbocycles. The highest BCUT2D eigenvalue weighted by molar-refractivity contribution is 5.51. The normalized spacial score (nSPS) is 10.3. The largest absolute Gasteiger partial charge is 0.481 e. The molecule has 0 saturated heterocycles. The summed E-state index contributed by atoms with van der Waals surface area (Å²) in [6.07, 6.45) is 1.53. The van der Waals surface area contributed by atoms with Crippen molar-refractivity contribution in [2.45, 2.75) is 20.4 Å². The number of nitrogen functional groups attached to an aromatic ring is 1. The van der Waals surface area contributed by atoms with Crippen LogP contribution in [0.3, 0.4) is 0 Å². The van der Waals surface area contributed by atoms with Crippen molar-refractivity contribution in [2.24, 2.45) is 0 Å². The number of aromatic nitrogens is 2. The minimum Gasteiger partial charge on any atom is -0.481 e. The van der Waals surface area contributed by atoms with Gasteiger partial charge in [-0.3, -0.25) is 0 Å². The number of anilines is 2. The molecule has 20 heavy (non-hydrogen) atoms. The Hall–Kier alpha value is -2.30. The molecule has 0 amide bonds. The number of ether oxygens (including phenoxy) is 1. The quantitative estimate of drug-likeness (QED) is 0.847. The van der Waals surface area contributed by atoms with Crippen LogP contribution in [0.2, 0.25) is 0 Å². The highest BCUT2D eigenvalue weighted by atomic mass is 16.5. The summed E-state index contributed by atoms with van der Waals surface area (Å²) in [5.74, 6) is 1.50. The van der Waals surface area contributed by atoms with Gasteiger partial charge in [0.25, 0.3) is 0 Å². The fourth-order valence-corrected chi connectivity index (χ4v) is 2.20. The van der Waals surface area contributed by atoms with Gasteiger partial charge in [-0.1, -0.05) is 12.1 Å². The number of methoxy groups -OCH3 is 1. The molecule has 0 bridgehead atoms. The maximum absolute atomic E-state index is 5.83.